The second-order valence-electron chi connectivity index (χ2n) is 13.0. The highest BCUT2D eigenvalue weighted by Gasteiger charge is 2.43. The maximum Gasteiger partial charge on any atom is 0.123 e. The minimum absolute atomic E-state index is 0.538. The first-order valence-corrected chi connectivity index (χ1v) is 18.3. The van der Waals surface area contributed by atoms with Gasteiger partial charge in [-0.3, -0.25) is 0 Å². The lowest BCUT2D eigenvalue weighted by atomic mass is 10.2. The van der Waals surface area contributed by atoms with Gasteiger partial charge in [-0.05, 0) is 59.6 Å². The topological polar surface area (TPSA) is 9.86 Å². The van der Waals surface area contributed by atoms with Crippen molar-refractivity contribution in [1.29, 1.82) is 0 Å². The molecule has 0 fully saturated rings. The monoisotopic (exact) mass is 598 g/mol. The summed E-state index contributed by atoms with van der Waals surface area (Å²) < 4.78 is 4.84. The predicted octanol–water partition coefficient (Wildman–Crippen LogP) is 10.3. The molecule has 0 saturated heterocycles. The van der Waals surface area contributed by atoms with E-state index in [2.05, 4.69) is 182 Å². The summed E-state index contributed by atoms with van der Waals surface area (Å²) in [6.45, 7) is 9.75. The third kappa shape index (κ3) is 4.07. The zero-order valence-electron chi connectivity index (χ0n) is 26.4. The third-order valence-electron chi connectivity index (χ3n) is 10.2. The molecule has 0 atom stereocenters. The first kappa shape index (κ1) is 27.7. The average Bonchev–Trinajstić information content (AvgIpc) is 3.59. The maximum absolute atomic E-state index is 2.44. The summed E-state index contributed by atoms with van der Waals surface area (Å²) in [4.78, 5) is 0. The summed E-state index contributed by atoms with van der Waals surface area (Å²) in [6.07, 6.45) is 0. The maximum atomic E-state index is 2.44. The van der Waals surface area contributed by atoms with Crippen molar-refractivity contribution in [2.75, 3.05) is 0 Å². The van der Waals surface area contributed by atoms with E-state index in [1.807, 2.05) is 0 Å². The van der Waals surface area contributed by atoms with E-state index in [-0.39, 0.29) is 0 Å². The molecule has 0 radical (unpaired) electrons. The fraction of sp³-hybridized carbons (Fsp3) is 0.143. The number of para-hydroxylation sites is 4. The number of hydrogen-bond acceptors (Lipinski definition) is 0. The van der Waals surface area contributed by atoms with Gasteiger partial charge in [-0.1, -0.05) is 135 Å². The normalized spacial score (nSPS) is 12.4. The van der Waals surface area contributed by atoms with Gasteiger partial charge in [0.05, 0.1) is 22.1 Å². The number of rotatable bonds is 6. The van der Waals surface area contributed by atoms with Gasteiger partial charge in [0, 0.05) is 32.9 Å². The van der Waals surface area contributed by atoms with Crippen LogP contribution in [-0.4, -0.2) is 17.2 Å². The average molecular weight is 599 g/mol. The molecule has 0 saturated carbocycles. The Morgan fingerprint density at radius 1 is 0.356 bits per heavy atom. The van der Waals surface area contributed by atoms with Crippen LogP contribution in [0.15, 0.2) is 146 Å². The summed E-state index contributed by atoms with van der Waals surface area (Å²) in [7, 11) is -2.15. The van der Waals surface area contributed by atoms with Gasteiger partial charge in [0.2, 0.25) is 0 Å². The highest BCUT2D eigenvalue weighted by atomic mass is 28.3. The van der Waals surface area contributed by atoms with Crippen molar-refractivity contribution in [1.82, 2.24) is 9.13 Å². The lowest BCUT2D eigenvalue weighted by Gasteiger charge is -2.40. The van der Waals surface area contributed by atoms with Gasteiger partial charge >= 0.3 is 0 Å². The van der Waals surface area contributed by atoms with Crippen LogP contribution in [0.25, 0.3) is 55.0 Å². The highest BCUT2D eigenvalue weighted by molar-refractivity contribution is 7.04. The molecule has 0 aliphatic carbocycles. The number of benzene rings is 6. The number of aromatic nitrogens is 2. The van der Waals surface area contributed by atoms with Crippen molar-refractivity contribution in [2.45, 2.75) is 38.8 Å². The Hall–Kier alpha value is -4.86. The predicted molar refractivity (Wildman–Crippen MR) is 197 cm³/mol. The van der Waals surface area contributed by atoms with E-state index >= 15 is 0 Å². The molecule has 0 spiro atoms. The van der Waals surface area contributed by atoms with E-state index < -0.39 is 8.07 Å². The molecule has 6 aromatic carbocycles. The molecule has 3 heteroatoms. The second kappa shape index (κ2) is 10.6. The van der Waals surface area contributed by atoms with Crippen LogP contribution in [0.3, 0.4) is 0 Å². The van der Waals surface area contributed by atoms with Crippen molar-refractivity contribution in [3.63, 3.8) is 0 Å². The molecule has 0 aliphatic rings. The van der Waals surface area contributed by atoms with E-state index in [1.165, 1.54) is 65.4 Å². The van der Waals surface area contributed by atoms with Crippen molar-refractivity contribution in [3.05, 3.63) is 146 Å². The zero-order chi connectivity index (χ0) is 30.7. The lowest BCUT2D eigenvalue weighted by Crippen LogP contribution is -2.62. The van der Waals surface area contributed by atoms with Crippen molar-refractivity contribution < 1.29 is 0 Å². The van der Waals surface area contributed by atoms with Crippen LogP contribution in [-0.2, 0) is 0 Å². The van der Waals surface area contributed by atoms with E-state index in [0.717, 1.165) is 0 Å². The Morgan fingerprint density at radius 2 is 0.622 bits per heavy atom. The Bertz CT molecular complexity index is 2040. The summed E-state index contributed by atoms with van der Waals surface area (Å²) in [5.41, 5.74) is 8.52. The van der Waals surface area contributed by atoms with Gasteiger partial charge in [-0.15, -0.1) is 0 Å². The molecule has 0 unspecified atom stereocenters. The van der Waals surface area contributed by atoms with Crippen molar-refractivity contribution >= 4 is 62.1 Å². The Labute approximate surface area is 266 Å². The molecule has 2 heterocycles. The molecular formula is C42H38N2Si. The minimum Gasteiger partial charge on any atom is -0.309 e. The smallest absolute Gasteiger partial charge is 0.123 e. The quantitative estimate of drug-likeness (QED) is 0.169. The molecule has 8 aromatic rings. The van der Waals surface area contributed by atoms with E-state index in [9.17, 15) is 0 Å². The number of hydrogen-bond donors (Lipinski definition) is 0. The number of nitrogens with zero attached hydrogens (tertiary/aromatic N) is 2. The summed E-state index contributed by atoms with van der Waals surface area (Å²) in [5.74, 6) is 0. The number of fused-ring (bicyclic) bond motifs is 6. The van der Waals surface area contributed by atoms with Crippen LogP contribution in [0.4, 0.5) is 0 Å². The largest absolute Gasteiger partial charge is 0.309 e. The fourth-order valence-corrected chi connectivity index (χ4v) is 14.1. The first-order chi connectivity index (χ1) is 22.0. The van der Waals surface area contributed by atoms with Gasteiger partial charge in [0.15, 0.2) is 0 Å². The Morgan fingerprint density at radius 3 is 0.889 bits per heavy atom. The van der Waals surface area contributed by atoms with Crippen LogP contribution in [0.2, 0.25) is 11.1 Å². The molecule has 0 N–H and O–H groups in total. The fourth-order valence-electron chi connectivity index (χ4n) is 8.34. The van der Waals surface area contributed by atoms with Crippen molar-refractivity contribution in [3.8, 4) is 11.4 Å². The van der Waals surface area contributed by atoms with Crippen LogP contribution in [0.1, 0.15) is 27.7 Å². The molecule has 2 aromatic heterocycles. The first-order valence-electron chi connectivity index (χ1n) is 16.2. The zero-order valence-corrected chi connectivity index (χ0v) is 27.4. The molecule has 0 amide bonds. The Kier molecular flexibility index (Phi) is 6.54. The molecule has 220 valence electrons. The minimum atomic E-state index is -2.15. The summed E-state index contributed by atoms with van der Waals surface area (Å²) >= 11 is 0. The molecule has 0 aliphatic heterocycles. The van der Waals surface area contributed by atoms with E-state index in [0.29, 0.717) is 11.1 Å². The molecule has 0 bridgehead atoms. The van der Waals surface area contributed by atoms with Crippen molar-refractivity contribution in [2.24, 2.45) is 0 Å². The summed E-state index contributed by atoms with van der Waals surface area (Å²) in [6, 6.07) is 54.2. The Balaban J connectivity index is 1.25. The van der Waals surface area contributed by atoms with Crippen LogP contribution >= 0.6 is 0 Å². The van der Waals surface area contributed by atoms with Crippen LogP contribution in [0, 0.1) is 0 Å². The van der Waals surface area contributed by atoms with E-state index in [4.69, 9.17) is 0 Å². The van der Waals surface area contributed by atoms with Crippen LogP contribution in [0.5, 0.6) is 0 Å². The molecule has 8 rings (SSSR count). The van der Waals surface area contributed by atoms with Gasteiger partial charge in [-0.25, -0.2) is 0 Å². The lowest BCUT2D eigenvalue weighted by molar-refractivity contribution is 0.927. The molecular weight excluding hydrogens is 561 g/mol. The standard InChI is InChI=1S/C42H38N2Si/c1-29(2)45(30(3)4,33-25-21-31(22-26-33)43-39-17-9-5-13-35(39)36-14-6-10-18-40(36)43)34-27-23-32(24-28-34)44-41-19-11-7-15-37(41)38-16-8-12-20-42(38)44/h5-30H,1-4H3. The van der Waals surface area contributed by atoms with Gasteiger partial charge in [-0.2, -0.15) is 0 Å². The second-order valence-corrected chi connectivity index (χ2v) is 18.2. The molecule has 2 nitrogen and oxygen atoms in total. The van der Waals surface area contributed by atoms with Gasteiger partial charge < -0.3 is 9.13 Å². The van der Waals surface area contributed by atoms with E-state index in [1.54, 1.807) is 0 Å². The summed E-state index contributed by atoms with van der Waals surface area (Å²) in [5, 5.41) is 8.20. The van der Waals surface area contributed by atoms with Gasteiger partial charge in [0.25, 0.3) is 0 Å². The molecule has 45 heavy (non-hydrogen) atoms. The van der Waals surface area contributed by atoms with Gasteiger partial charge in [0.1, 0.15) is 8.07 Å². The third-order valence-corrected chi connectivity index (χ3v) is 16.4. The highest BCUT2D eigenvalue weighted by Crippen LogP contribution is 2.36. The van der Waals surface area contributed by atoms with Crippen LogP contribution < -0.4 is 10.4 Å². The SMILES string of the molecule is CC(C)[Si](c1ccc(-n2c3ccccc3c3ccccc32)cc1)(c1ccc(-n2c3ccccc3c3ccccc32)cc1)C(C)C.